The number of halogens is 5. The molecular weight excluding hydrogens is 663 g/mol. The highest BCUT2D eigenvalue weighted by Gasteiger charge is 2.47. The molecule has 1 aliphatic rings. The fourth-order valence-electron chi connectivity index (χ4n) is 5.15. The largest absolute Gasteiger partial charge is 0.444 e. The SMILES string of the molecule is CC(C)(C)OC(=O)N[C@@H]1CC(F)(F)c2cc(F)c(-c3nnc(C(C)(C)C#N)o3)cc2N(Cc2ccc(-c3ccc(C(C)(F)F)cn3)cc2)C1=O. The van der Waals surface area contributed by atoms with Crippen LogP contribution in [-0.4, -0.2) is 38.8 Å². The fourth-order valence-corrected chi connectivity index (χ4v) is 5.15. The Morgan fingerprint density at radius 2 is 1.76 bits per heavy atom. The molecule has 262 valence electrons. The number of alkyl carbamates (subject to hydrolysis) is 1. The number of ether oxygens (including phenoxy) is 1. The highest BCUT2D eigenvalue weighted by molar-refractivity contribution is 6.01. The van der Waals surface area contributed by atoms with Crippen LogP contribution in [0.4, 0.5) is 32.4 Å². The van der Waals surface area contributed by atoms with E-state index in [9.17, 15) is 23.6 Å². The molecule has 10 nitrogen and oxygen atoms in total. The average molecular weight is 697 g/mol. The third kappa shape index (κ3) is 7.59. The number of anilines is 1. The molecule has 2 aromatic carbocycles. The smallest absolute Gasteiger partial charge is 0.408 e. The number of amides is 2. The van der Waals surface area contributed by atoms with Crippen LogP contribution in [0.25, 0.3) is 22.7 Å². The average Bonchev–Trinajstić information content (AvgIpc) is 3.51. The maximum Gasteiger partial charge on any atom is 0.408 e. The van der Waals surface area contributed by atoms with Gasteiger partial charge in [-0.2, -0.15) is 5.26 Å². The molecule has 50 heavy (non-hydrogen) atoms. The van der Waals surface area contributed by atoms with Crippen LogP contribution in [0.15, 0.2) is 59.1 Å². The minimum absolute atomic E-state index is 0.142. The normalized spacial score (nSPS) is 16.3. The van der Waals surface area contributed by atoms with Gasteiger partial charge in [0, 0.05) is 36.2 Å². The first-order valence-electron chi connectivity index (χ1n) is 15.4. The Balaban J connectivity index is 1.57. The van der Waals surface area contributed by atoms with Gasteiger partial charge in [0.25, 0.3) is 17.7 Å². The lowest BCUT2D eigenvalue weighted by molar-refractivity contribution is -0.123. The topological polar surface area (TPSA) is 134 Å². The van der Waals surface area contributed by atoms with Crippen LogP contribution in [0.1, 0.15) is 70.5 Å². The number of benzene rings is 2. The van der Waals surface area contributed by atoms with Gasteiger partial charge in [0.05, 0.1) is 29.6 Å². The predicted octanol–water partition coefficient (Wildman–Crippen LogP) is 7.77. The first kappa shape index (κ1) is 35.9. The van der Waals surface area contributed by atoms with Crippen molar-refractivity contribution in [1.29, 1.82) is 5.26 Å². The van der Waals surface area contributed by atoms with E-state index in [0.29, 0.717) is 22.9 Å². The molecule has 0 saturated heterocycles. The molecule has 5 rings (SSSR count). The van der Waals surface area contributed by atoms with Gasteiger partial charge in [-0.15, -0.1) is 10.2 Å². The molecular formula is C35H33F5N6O4. The first-order chi connectivity index (χ1) is 23.2. The number of carbonyl (C=O) groups excluding carboxylic acids is 2. The highest BCUT2D eigenvalue weighted by Crippen LogP contribution is 2.45. The summed E-state index contributed by atoms with van der Waals surface area (Å²) in [5.41, 5.74) is -2.73. The molecule has 0 radical (unpaired) electrons. The summed E-state index contributed by atoms with van der Waals surface area (Å²) in [7, 11) is 0. The summed E-state index contributed by atoms with van der Waals surface area (Å²) in [6.07, 6.45) is -1.24. The number of nitrogens with zero attached hydrogens (tertiary/aromatic N) is 5. The van der Waals surface area contributed by atoms with Crippen LogP contribution in [-0.2, 0) is 33.3 Å². The summed E-state index contributed by atoms with van der Waals surface area (Å²) in [5, 5.41) is 19.3. The van der Waals surface area contributed by atoms with Crippen molar-refractivity contribution in [1.82, 2.24) is 20.5 Å². The number of pyridine rings is 1. The Bertz CT molecular complexity index is 1960. The van der Waals surface area contributed by atoms with Crippen LogP contribution >= 0.6 is 0 Å². The maximum absolute atomic E-state index is 16.0. The van der Waals surface area contributed by atoms with Crippen molar-refractivity contribution in [2.24, 2.45) is 0 Å². The van der Waals surface area contributed by atoms with Gasteiger partial charge < -0.3 is 19.4 Å². The fraction of sp³-hybridized carbons (Fsp3) is 0.371. The first-order valence-corrected chi connectivity index (χ1v) is 15.4. The molecule has 0 fully saturated rings. The van der Waals surface area contributed by atoms with Gasteiger partial charge in [-0.1, -0.05) is 24.3 Å². The van der Waals surface area contributed by atoms with E-state index in [1.165, 1.54) is 26.0 Å². The summed E-state index contributed by atoms with van der Waals surface area (Å²) in [5.74, 6) is -9.53. The molecule has 0 bridgehead atoms. The minimum Gasteiger partial charge on any atom is -0.444 e. The van der Waals surface area contributed by atoms with Crippen LogP contribution in [0, 0.1) is 17.1 Å². The van der Waals surface area contributed by atoms with Crippen LogP contribution < -0.4 is 10.2 Å². The Labute approximate surface area is 284 Å². The van der Waals surface area contributed by atoms with Gasteiger partial charge in [0.15, 0.2) is 0 Å². The zero-order valence-electron chi connectivity index (χ0n) is 27.9. The quantitative estimate of drug-likeness (QED) is 0.194. The van der Waals surface area contributed by atoms with Gasteiger partial charge >= 0.3 is 6.09 Å². The molecule has 0 saturated carbocycles. The van der Waals surface area contributed by atoms with E-state index in [4.69, 9.17) is 9.15 Å². The Morgan fingerprint density at radius 3 is 2.34 bits per heavy atom. The van der Waals surface area contributed by atoms with E-state index in [0.717, 1.165) is 24.1 Å². The van der Waals surface area contributed by atoms with E-state index >= 15 is 13.2 Å². The molecule has 0 spiro atoms. The third-order valence-corrected chi connectivity index (χ3v) is 7.82. The summed E-state index contributed by atoms with van der Waals surface area (Å²) in [4.78, 5) is 31.9. The van der Waals surface area contributed by atoms with Crippen molar-refractivity contribution in [3.63, 3.8) is 0 Å². The number of rotatable bonds is 7. The molecule has 1 atom stereocenters. The summed E-state index contributed by atoms with van der Waals surface area (Å²) < 4.78 is 85.6. The number of carbonyl (C=O) groups is 2. The molecule has 0 unspecified atom stereocenters. The second-order valence-electron chi connectivity index (χ2n) is 13.5. The second kappa shape index (κ2) is 12.8. The number of hydrogen-bond donors (Lipinski definition) is 1. The standard InChI is InChI=1S/C35H33F5N6O4/c1-32(2,3)50-31(48)43-26-15-35(39,40)23-14-24(36)22(28-44-45-30(49-28)33(4,5)18-41)13-27(23)46(29(26)47)17-19-7-9-20(10-8-19)25-12-11-21(16-42-25)34(6,37)38/h7-14,16,26H,15,17H2,1-6H3,(H,43,48)/t26-/m1/s1. The summed E-state index contributed by atoms with van der Waals surface area (Å²) in [6, 6.07) is 10.9. The number of hydrogen-bond acceptors (Lipinski definition) is 8. The molecule has 1 N–H and O–H groups in total. The van der Waals surface area contributed by atoms with Gasteiger partial charge in [0.1, 0.15) is 22.9 Å². The lowest BCUT2D eigenvalue weighted by Gasteiger charge is -2.27. The molecule has 1 aliphatic heterocycles. The van der Waals surface area contributed by atoms with Crippen molar-refractivity contribution >= 4 is 17.7 Å². The summed E-state index contributed by atoms with van der Waals surface area (Å²) in [6.45, 7) is 8.13. The van der Waals surface area contributed by atoms with Crippen LogP contribution in [0.5, 0.6) is 0 Å². The number of nitriles is 1. The predicted molar refractivity (Wildman–Crippen MR) is 170 cm³/mol. The second-order valence-corrected chi connectivity index (χ2v) is 13.5. The number of fused-ring (bicyclic) bond motifs is 1. The van der Waals surface area contributed by atoms with Crippen LogP contribution in [0.2, 0.25) is 0 Å². The zero-order chi connectivity index (χ0) is 36.8. The molecule has 2 aromatic heterocycles. The van der Waals surface area contributed by atoms with Crippen molar-refractivity contribution in [3.8, 4) is 28.8 Å². The van der Waals surface area contributed by atoms with Crippen molar-refractivity contribution < 1.29 is 40.7 Å². The van der Waals surface area contributed by atoms with Gasteiger partial charge in [-0.3, -0.25) is 9.78 Å². The molecule has 2 amide bonds. The van der Waals surface area contributed by atoms with E-state index in [1.54, 1.807) is 45.0 Å². The van der Waals surface area contributed by atoms with Gasteiger partial charge in [-0.25, -0.2) is 26.7 Å². The maximum atomic E-state index is 16.0. The molecule has 0 aliphatic carbocycles. The van der Waals surface area contributed by atoms with Crippen molar-refractivity contribution in [2.45, 2.75) is 83.4 Å². The Hall–Kier alpha value is -5.39. The lowest BCUT2D eigenvalue weighted by atomic mass is 9.96. The zero-order valence-corrected chi connectivity index (χ0v) is 27.9. The van der Waals surface area contributed by atoms with Crippen LogP contribution in [0.3, 0.4) is 0 Å². The van der Waals surface area contributed by atoms with Gasteiger partial charge in [-0.05, 0) is 64.4 Å². The number of aromatic nitrogens is 3. The molecule has 3 heterocycles. The minimum atomic E-state index is -3.82. The Morgan fingerprint density at radius 1 is 1.08 bits per heavy atom. The number of alkyl halides is 4. The van der Waals surface area contributed by atoms with E-state index in [2.05, 4.69) is 20.5 Å². The van der Waals surface area contributed by atoms with E-state index < -0.39 is 70.2 Å². The molecule has 4 aromatic rings. The lowest BCUT2D eigenvalue weighted by Crippen LogP contribution is -2.49. The van der Waals surface area contributed by atoms with E-state index in [1.807, 2.05) is 6.07 Å². The highest BCUT2D eigenvalue weighted by atomic mass is 19.3. The number of nitrogens with one attached hydrogen (secondary N) is 1. The Kier molecular flexibility index (Phi) is 9.20. The van der Waals surface area contributed by atoms with E-state index in [-0.39, 0.29) is 23.7 Å². The van der Waals surface area contributed by atoms with Gasteiger partial charge in [0.2, 0.25) is 11.8 Å². The summed E-state index contributed by atoms with van der Waals surface area (Å²) >= 11 is 0. The monoisotopic (exact) mass is 696 g/mol. The van der Waals surface area contributed by atoms with Crippen molar-refractivity contribution in [2.75, 3.05) is 4.90 Å². The molecule has 15 heteroatoms. The third-order valence-electron chi connectivity index (χ3n) is 7.82. The van der Waals surface area contributed by atoms with Crippen molar-refractivity contribution in [3.05, 3.63) is 83.1 Å².